The molecule has 5 nitrogen and oxygen atoms in total. The van der Waals surface area contributed by atoms with Crippen molar-refractivity contribution < 1.29 is 0 Å². The molecule has 0 fully saturated rings. The van der Waals surface area contributed by atoms with Gasteiger partial charge in [0, 0.05) is 17.7 Å². The second-order valence-electron chi connectivity index (χ2n) is 4.91. The third kappa shape index (κ3) is 2.40. The Hall–Kier alpha value is -2.27. The van der Waals surface area contributed by atoms with Gasteiger partial charge in [0.05, 0.1) is 23.1 Å². The highest BCUT2D eigenvalue weighted by Crippen LogP contribution is 2.22. The molecule has 3 rings (SSSR count). The molecule has 0 aliphatic heterocycles. The van der Waals surface area contributed by atoms with Gasteiger partial charge in [-0.15, -0.1) is 0 Å². The number of aromatic nitrogens is 4. The predicted octanol–water partition coefficient (Wildman–Crippen LogP) is 2.47. The molecule has 1 unspecified atom stereocenters. The number of hydrogen-bond acceptors (Lipinski definition) is 4. The van der Waals surface area contributed by atoms with Crippen LogP contribution in [0.25, 0.3) is 22.3 Å². The van der Waals surface area contributed by atoms with Gasteiger partial charge in [0.2, 0.25) is 0 Å². The van der Waals surface area contributed by atoms with Crippen LogP contribution in [0.4, 0.5) is 0 Å². The maximum atomic E-state index is 5.60. The lowest BCUT2D eigenvalue weighted by Gasteiger charge is -2.09. The van der Waals surface area contributed by atoms with E-state index in [1.165, 1.54) is 0 Å². The van der Waals surface area contributed by atoms with Gasteiger partial charge in [-0.1, -0.05) is 13.0 Å². The van der Waals surface area contributed by atoms with Crippen LogP contribution >= 0.6 is 0 Å². The van der Waals surface area contributed by atoms with Crippen LogP contribution < -0.4 is 5.73 Å². The van der Waals surface area contributed by atoms with E-state index in [1.54, 1.807) is 6.33 Å². The Labute approximate surface area is 117 Å². The molecule has 0 saturated heterocycles. The van der Waals surface area contributed by atoms with Gasteiger partial charge in [0.1, 0.15) is 5.82 Å². The van der Waals surface area contributed by atoms with Crippen molar-refractivity contribution in [1.82, 2.24) is 19.9 Å². The van der Waals surface area contributed by atoms with Crippen molar-refractivity contribution >= 4 is 11.0 Å². The number of nitrogens with one attached hydrogen (secondary N) is 1. The van der Waals surface area contributed by atoms with E-state index in [-0.39, 0.29) is 5.92 Å². The first-order chi connectivity index (χ1) is 9.78. The molecule has 0 saturated carbocycles. The van der Waals surface area contributed by atoms with Gasteiger partial charge in [-0.25, -0.2) is 15.0 Å². The SMILES string of the molecule is CC(CCN)c1nccc(-c2ccc3nc[nH]c3c2)n1. The number of aromatic amines is 1. The molecule has 20 heavy (non-hydrogen) atoms. The molecular formula is C15H17N5. The van der Waals surface area contributed by atoms with E-state index in [4.69, 9.17) is 5.73 Å². The predicted molar refractivity (Wildman–Crippen MR) is 79.2 cm³/mol. The van der Waals surface area contributed by atoms with E-state index < -0.39 is 0 Å². The van der Waals surface area contributed by atoms with Gasteiger partial charge in [-0.3, -0.25) is 0 Å². The number of nitrogens with zero attached hydrogens (tertiary/aromatic N) is 3. The smallest absolute Gasteiger partial charge is 0.131 e. The molecule has 0 aliphatic carbocycles. The molecule has 1 aromatic carbocycles. The number of rotatable bonds is 4. The zero-order valence-corrected chi connectivity index (χ0v) is 11.4. The highest BCUT2D eigenvalue weighted by molar-refractivity contribution is 5.80. The molecule has 0 radical (unpaired) electrons. The van der Waals surface area contributed by atoms with Crippen LogP contribution in [0.2, 0.25) is 0 Å². The summed E-state index contributed by atoms with van der Waals surface area (Å²) in [7, 11) is 0. The molecule has 0 bridgehead atoms. The molecule has 1 atom stereocenters. The van der Waals surface area contributed by atoms with Crippen molar-refractivity contribution in [2.75, 3.05) is 6.54 Å². The maximum absolute atomic E-state index is 5.60. The standard InChI is InChI=1S/C15H17N5/c1-10(4-6-16)15-17-7-5-12(20-15)11-2-3-13-14(8-11)19-9-18-13/h2-3,5,7-10H,4,6,16H2,1H3,(H,18,19). The molecule has 5 heteroatoms. The Morgan fingerprint density at radius 3 is 3.00 bits per heavy atom. The second-order valence-corrected chi connectivity index (χ2v) is 4.91. The normalized spacial score (nSPS) is 12.7. The van der Waals surface area contributed by atoms with Gasteiger partial charge < -0.3 is 10.7 Å². The quantitative estimate of drug-likeness (QED) is 0.761. The fraction of sp³-hybridized carbons (Fsp3) is 0.267. The average molecular weight is 267 g/mol. The maximum Gasteiger partial charge on any atom is 0.131 e. The van der Waals surface area contributed by atoms with Crippen molar-refractivity contribution in [3.05, 3.63) is 42.6 Å². The van der Waals surface area contributed by atoms with Crippen LogP contribution in [-0.4, -0.2) is 26.5 Å². The zero-order valence-electron chi connectivity index (χ0n) is 11.4. The Kier molecular flexibility index (Phi) is 3.43. The molecule has 2 aromatic heterocycles. The lowest BCUT2D eigenvalue weighted by molar-refractivity contribution is 0.647. The number of fused-ring (bicyclic) bond motifs is 1. The van der Waals surface area contributed by atoms with Crippen molar-refractivity contribution in [2.45, 2.75) is 19.3 Å². The fourth-order valence-corrected chi connectivity index (χ4v) is 2.25. The summed E-state index contributed by atoms with van der Waals surface area (Å²) < 4.78 is 0. The van der Waals surface area contributed by atoms with Crippen molar-refractivity contribution in [3.8, 4) is 11.3 Å². The van der Waals surface area contributed by atoms with E-state index in [0.29, 0.717) is 6.54 Å². The van der Waals surface area contributed by atoms with Crippen molar-refractivity contribution in [2.24, 2.45) is 5.73 Å². The lowest BCUT2D eigenvalue weighted by atomic mass is 10.1. The Balaban J connectivity index is 1.98. The molecule has 0 amide bonds. The van der Waals surface area contributed by atoms with Crippen LogP contribution in [0.5, 0.6) is 0 Å². The lowest BCUT2D eigenvalue weighted by Crippen LogP contribution is -2.08. The summed E-state index contributed by atoms with van der Waals surface area (Å²) >= 11 is 0. The summed E-state index contributed by atoms with van der Waals surface area (Å²) in [5.74, 6) is 1.12. The van der Waals surface area contributed by atoms with Crippen LogP contribution in [0.1, 0.15) is 25.1 Å². The topological polar surface area (TPSA) is 80.5 Å². The summed E-state index contributed by atoms with van der Waals surface area (Å²) in [6.45, 7) is 2.75. The highest BCUT2D eigenvalue weighted by atomic mass is 14.9. The summed E-state index contributed by atoms with van der Waals surface area (Å²) in [4.78, 5) is 16.3. The van der Waals surface area contributed by atoms with Crippen LogP contribution in [0.15, 0.2) is 36.8 Å². The summed E-state index contributed by atoms with van der Waals surface area (Å²) in [5, 5.41) is 0. The minimum Gasteiger partial charge on any atom is -0.345 e. The Morgan fingerprint density at radius 2 is 2.15 bits per heavy atom. The number of H-pyrrole nitrogens is 1. The highest BCUT2D eigenvalue weighted by Gasteiger charge is 2.10. The fourth-order valence-electron chi connectivity index (χ4n) is 2.25. The van der Waals surface area contributed by atoms with E-state index in [2.05, 4.69) is 32.9 Å². The molecule has 0 aliphatic rings. The van der Waals surface area contributed by atoms with E-state index >= 15 is 0 Å². The van der Waals surface area contributed by atoms with Crippen LogP contribution in [0.3, 0.4) is 0 Å². The van der Waals surface area contributed by atoms with E-state index in [9.17, 15) is 0 Å². The molecule has 2 heterocycles. The first-order valence-electron chi connectivity index (χ1n) is 6.74. The van der Waals surface area contributed by atoms with Gasteiger partial charge in [0.25, 0.3) is 0 Å². The van der Waals surface area contributed by atoms with Crippen molar-refractivity contribution in [1.29, 1.82) is 0 Å². The van der Waals surface area contributed by atoms with Gasteiger partial charge >= 0.3 is 0 Å². The summed E-state index contributed by atoms with van der Waals surface area (Å²) in [6, 6.07) is 8.01. The minimum absolute atomic E-state index is 0.274. The molecule has 102 valence electrons. The summed E-state index contributed by atoms with van der Waals surface area (Å²) in [5.41, 5.74) is 9.56. The van der Waals surface area contributed by atoms with Gasteiger partial charge in [-0.2, -0.15) is 0 Å². The third-order valence-electron chi connectivity index (χ3n) is 3.43. The number of nitrogens with two attached hydrogens (primary N) is 1. The Bertz CT molecular complexity index is 719. The zero-order chi connectivity index (χ0) is 13.9. The first kappa shape index (κ1) is 12.7. The molecular weight excluding hydrogens is 250 g/mol. The largest absolute Gasteiger partial charge is 0.345 e. The first-order valence-corrected chi connectivity index (χ1v) is 6.74. The van der Waals surface area contributed by atoms with Gasteiger partial charge in [-0.05, 0) is 31.2 Å². The second kappa shape index (κ2) is 5.38. The monoisotopic (exact) mass is 267 g/mol. The number of hydrogen-bond donors (Lipinski definition) is 2. The number of benzene rings is 1. The molecule has 3 aromatic rings. The van der Waals surface area contributed by atoms with Crippen molar-refractivity contribution in [3.63, 3.8) is 0 Å². The average Bonchev–Trinajstić information content (AvgIpc) is 2.95. The number of imidazole rings is 1. The van der Waals surface area contributed by atoms with E-state index in [0.717, 1.165) is 34.5 Å². The molecule has 0 spiro atoms. The Morgan fingerprint density at radius 1 is 1.25 bits per heavy atom. The van der Waals surface area contributed by atoms with Gasteiger partial charge in [0.15, 0.2) is 0 Å². The van der Waals surface area contributed by atoms with Crippen LogP contribution in [0, 0.1) is 0 Å². The summed E-state index contributed by atoms with van der Waals surface area (Å²) in [6.07, 6.45) is 4.40. The van der Waals surface area contributed by atoms with Crippen LogP contribution in [-0.2, 0) is 0 Å². The molecule has 3 N–H and O–H groups in total. The minimum atomic E-state index is 0.274. The third-order valence-corrected chi connectivity index (χ3v) is 3.43. The van der Waals surface area contributed by atoms with E-state index in [1.807, 2.05) is 24.4 Å².